The van der Waals surface area contributed by atoms with Crippen molar-refractivity contribution in [3.63, 3.8) is 0 Å². The van der Waals surface area contributed by atoms with Crippen molar-refractivity contribution < 1.29 is 4.74 Å². The number of methoxy groups -OCH3 is 1. The highest BCUT2D eigenvalue weighted by Crippen LogP contribution is 2.26. The molecule has 1 saturated heterocycles. The molecule has 0 aliphatic carbocycles. The lowest BCUT2D eigenvalue weighted by Gasteiger charge is -2.21. The summed E-state index contributed by atoms with van der Waals surface area (Å²) in [4.78, 5) is 2.56. The largest absolute Gasteiger partial charge is 0.496 e. The SMILES string of the molecule is COc1ccc(Br)cc1CN1CCCC(SC)CC1. The van der Waals surface area contributed by atoms with Gasteiger partial charge in [0, 0.05) is 21.8 Å². The summed E-state index contributed by atoms with van der Waals surface area (Å²) >= 11 is 5.57. The highest BCUT2D eigenvalue weighted by molar-refractivity contribution is 9.10. The minimum Gasteiger partial charge on any atom is -0.496 e. The standard InChI is InChI=1S/C15H22BrNOS/c1-18-15-6-5-13(16)10-12(15)11-17-8-3-4-14(19-2)7-9-17/h5-6,10,14H,3-4,7-9,11H2,1-2H3. The molecule has 0 radical (unpaired) electrons. The van der Waals surface area contributed by atoms with Gasteiger partial charge in [-0.3, -0.25) is 4.90 Å². The van der Waals surface area contributed by atoms with Gasteiger partial charge in [0.05, 0.1) is 7.11 Å². The van der Waals surface area contributed by atoms with Crippen molar-refractivity contribution in [2.45, 2.75) is 31.1 Å². The van der Waals surface area contributed by atoms with E-state index in [-0.39, 0.29) is 0 Å². The number of hydrogen-bond donors (Lipinski definition) is 0. The lowest BCUT2D eigenvalue weighted by molar-refractivity contribution is 0.272. The van der Waals surface area contributed by atoms with E-state index in [4.69, 9.17) is 4.74 Å². The van der Waals surface area contributed by atoms with Gasteiger partial charge in [-0.05, 0) is 56.8 Å². The van der Waals surface area contributed by atoms with Crippen LogP contribution in [0.2, 0.25) is 0 Å². The predicted octanol–water partition coefficient (Wildman–Crippen LogP) is 4.18. The van der Waals surface area contributed by atoms with Gasteiger partial charge in [-0.15, -0.1) is 0 Å². The highest BCUT2D eigenvalue weighted by atomic mass is 79.9. The van der Waals surface area contributed by atoms with Gasteiger partial charge in [-0.1, -0.05) is 15.9 Å². The summed E-state index contributed by atoms with van der Waals surface area (Å²) in [6.07, 6.45) is 6.20. The molecule has 106 valence electrons. The van der Waals surface area contributed by atoms with Gasteiger partial charge in [0.1, 0.15) is 5.75 Å². The number of nitrogens with zero attached hydrogens (tertiary/aromatic N) is 1. The fourth-order valence-electron chi connectivity index (χ4n) is 2.63. The zero-order chi connectivity index (χ0) is 13.7. The third-order valence-electron chi connectivity index (χ3n) is 3.74. The molecule has 1 fully saturated rings. The molecule has 1 heterocycles. The lowest BCUT2D eigenvalue weighted by Crippen LogP contribution is -2.24. The Hall–Kier alpha value is -0.190. The molecular weight excluding hydrogens is 322 g/mol. The average Bonchev–Trinajstić information content (AvgIpc) is 2.64. The first-order valence-corrected chi connectivity index (χ1v) is 8.88. The Morgan fingerprint density at radius 3 is 2.95 bits per heavy atom. The molecule has 0 amide bonds. The summed E-state index contributed by atoms with van der Waals surface area (Å²) < 4.78 is 6.59. The zero-order valence-corrected chi connectivity index (χ0v) is 14.1. The monoisotopic (exact) mass is 343 g/mol. The van der Waals surface area contributed by atoms with Crippen LogP contribution in [0.5, 0.6) is 5.75 Å². The Labute approximate surface area is 129 Å². The van der Waals surface area contributed by atoms with E-state index < -0.39 is 0 Å². The van der Waals surface area contributed by atoms with Crippen LogP contribution in [-0.4, -0.2) is 36.6 Å². The van der Waals surface area contributed by atoms with Crippen molar-refractivity contribution >= 4 is 27.7 Å². The van der Waals surface area contributed by atoms with Crippen LogP contribution in [0.15, 0.2) is 22.7 Å². The molecule has 4 heteroatoms. The Morgan fingerprint density at radius 1 is 1.37 bits per heavy atom. The minimum absolute atomic E-state index is 0.842. The van der Waals surface area contributed by atoms with Crippen molar-refractivity contribution in [3.05, 3.63) is 28.2 Å². The predicted molar refractivity (Wildman–Crippen MR) is 87.1 cm³/mol. The lowest BCUT2D eigenvalue weighted by atomic mass is 10.2. The van der Waals surface area contributed by atoms with Crippen LogP contribution in [0.3, 0.4) is 0 Å². The highest BCUT2D eigenvalue weighted by Gasteiger charge is 2.17. The molecule has 0 bridgehead atoms. The topological polar surface area (TPSA) is 12.5 Å². The molecular formula is C15H22BrNOS. The summed E-state index contributed by atoms with van der Waals surface area (Å²) in [6, 6.07) is 6.26. The number of thioether (sulfide) groups is 1. The number of halogens is 1. The Bertz CT molecular complexity index is 413. The van der Waals surface area contributed by atoms with E-state index >= 15 is 0 Å². The minimum atomic E-state index is 0.842. The fourth-order valence-corrected chi connectivity index (χ4v) is 3.78. The molecule has 19 heavy (non-hydrogen) atoms. The maximum atomic E-state index is 5.46. The van der Waals surface area contributed by atoms with Gasteiger partial charge in [-0.25, -0.2) is 0 Å². The van der Waals surface area contributed by atoms with Crippen LogP contribution in [0, 0.1) is 0 Å². The van der Waals surface area contributed by atoms with Crippen LogP contribution in [-0.2, 0) is 6.54 Å². The third-order valence-corrected chi connectivity index (χ3v) is 5.37. The summed E-state index contributed by atoms with van der Waals surface area (Å²) in [7, 11) is 1.75. The van der Waals surface area contributed by atoms with Gasteiger partial charge < -0.3 is 4.74 Å². The quantitative estimate of drug-likeness (QED) is 0.813. The summed E-state index contributed by atoms with van der Waals surface area (Å²) in [5.41, 5.74) is 1.28. The van der Waals surface area contributed by atoms with Crippen LogP contribution >= 0.6 is 27.7 Å². The van der Waals surface area contributed by atoms with Gasteiger partial charge in [-0.2, -0.15) is 11.8 Å². The Morgan fingerprint density at radius 2 is 2.21 bits per heavy atom. The molecule has 1 aliphatic rings. The number of benzene rings is 1. The van der Waals surface area contributed by atoms with Crippen molar-refractivity contribution in [1.29, 1.82) is 0 Å². The second kappa shape index (κ2) is 7.55. The van der Waals surface area contributed by atoms with E-state index in [0.29, 0.717) is 0 Å². The van der Waals surface area contributed by atoms with Crippen LogP contribution in [0.4, 0.5) is 0 Å². The molecule has 1 aliphatic heterocycles. The van der Waals surface area contributed by atoms with Crippen molar-refractivity contribution in [3.8, 4) is 5.75 Å². The Kier molecular flexibility index (Phi) is 6.05. The molecule has 1 atom stereocenters. The van der Waals surface area contributed by atoms with Gasteiger partial charge >= 0.3 is 0 Å². The number of ether oxygens (including phenoxy) is 1. The normalized spacial score (nSPS) is 21.1. The number of likely N-dealkylation sites (tertiary alicyclic amines) is 1. The second-order valence-corrected chi connectivity index (χ2v) is 7.07. The first kappa shape index (κ1) is 15.2. The molecule has 2 nitrogen and oxygen atoms in total. The molecule has 1 unspecified atom stereocenters. The maximum Gasteiger partial charge on any atom is 0.123 e. The first-order chi connectivity index (χ1) is 9.22. The number of hydrogen-bond acceptors (Lipinski definition) is 3. The molecule has 0 spiro atoms. The molecule has 1 aromatic rings. The van der Waals surface area contributed by atoms with E-state index in [1.807, 2.05) is 23.9 Å². The molecule has 1 aromatic carbocycles. The van der Waals surface area contributed by atoms with E-state index in [0.717, 1.165) is 22.0 Å². The van der Waals surface area contributed by atoms with Gasteiger partial charge in [0.15, 0.2) is 0 Å². The average molecular weight is 344 g/mol. The fraction of sp³-hybridized carbons (Fsp3) is 0.600. The van der Waals surface area contributed by atoms with Gasteiger partial charge in [0.25, 0.3) is 0 Å². The smallest absolute Gasteiger partial charge is 0.123 e. The summed E-state index contributed by atoms with van der Waals surface area (Å²) in [6.45, 7) is 3.39. The Balaban J connectivity index is 2.02. The maximum absolute atomic E-state index is 5.46. The van der Waals surface area contributed by atoms with E-state index in [9.17, 15) is 0 Å². The summed E-state index contributed by atoms with van der Waals surface area (Å²) in [5.74, 6) is 0.994. The summed E-state index contributed by atoms with van der Waals surface area (Å²) in [5, 5.41) is 0.842. The molecule has 0 saturated carbocycles. The van der Waals surface area contributed by atoms with Crippen LogP contribution in [0.25, 0.3) is 0 Å². The van der Waals surface area contributed by atoms with E-state index in [1.165, 1.54) is 37.9 Å². The van der Waals surface area contributed by atoms with E-state index in [2.05, 4.69) is 33.2 Å². The molecule has 0 aromatic heterocycles. The van der Waals surface area contributed by atoms with Crippen LogP contribution in [0.1, 0.15) is 24.8 Å². The van der Waals surface area contributed by atoms with Gasteiger partial charge in [0.2, 0.25) is 0 Å². The zero-order valence-electron chi connectivity index (χ0n) is 11.7. The van der Waals surface area contributed by atoms with Crippen molar-refractivity contribution in [2.24, 2.45) is 0 Å². The molecule has 0 N–H and O–H groups in total. The molecule has 2 rings (SSSR count). The number of rotatable bonds is 4. The van der Waals surface area contributed by atoms with Crippen molar-refractivity contribution in [1.82, 2.24) is 4.90 Å². The van der Waals surface area contributed by atoms with Crippen LogP contribution < -0.4 is 4.74 Å². The first-order valence-electron chi connectivity index (χ1n) is 6.80. The van der Waals surface area contributed by atoms with E-state index in [1.54, 1.807) is 7.11 Å². The second-order valence-electron chi connectivity index (χ2n) is 5.02. The third kappa shape index (κ3) is 4.40. The van der Waals surface area contributed by atoms with Crippen molar-refractivity contribution in [2.75, 3.05) is 26.5 Å².